The fourth-order valence-corrected chi connectivity index (χ4v) is 6.67. The summed E-state index contributed by atoms with van der Waals surface area (Å²) in [4.78, 5) is 15.7. The smallest absolute Gasteiger partial charge is 0.381 e. The molecule has 3 saturated heterocycles. The SMILES string of the molecule is CCC1CC2(CCN1CC1CCOCC1)NS(=O)(=O)N(c1ccc(C(F)(F)F)cc1)C2=O. The first-order chi connectivity index (χ1) is 15.1. The van der Waals surface area contributed by atoms with Gasteiger partial charge in [0.05, 0.1) is 11.3 Å². The van der Waals surface area contributed by atoms with E-state index in [1.807, 2.05) is 6.92 Å². The van der Waals surface area contributed by atoms with Crippen LogP contribution in [0.2, 0.25) is 0 Å². The second-order valence-electron chi connectivity index (χ2n) is 8.87. The summed E-state index contributed by atoms with van der Waals surface area (Å²) < 4.78 is 73.0. The second-order valence-corrected chi connectivity index (χ2v) is 10.4. The van der Waals surface area contributed by atoms with Gasteiger partial charge in [-0.25, -0.2) is 0 Å². The van der Waals surface area contributed by atoms with Crippen molar-refractivity contribution in [3.8, 4) is 0 Å². The molecule has 1 spiro atoms. The predicted molar refractivity (Wildman–Crippen MR) is 112 cm³/mol. The molecule has 3 aliphatic heterocycles. The molecule has 11 heteroatoms. The third-order valence-corrected chi connectivity index (χ3v) is 8.32. The number of anilines is 1. The van der Waals surface area contributed by atoms with Crippen molar-refractivity contribution >= 4 is 21.8 Å². The van der Waals surface area contributed by atoms with Crippen LogP contribution in [-0.4, -0.2) is 57.1 Å². The van der Waals surface area contributed by atoms with Crippen LogP contribution >= 0.6 is 0 Å². The summed E-state index contributed by atoms with van der Waals surface area (Å²) in [5.74, 6) is -0.104. The Hall–Kier alpha value is -1.69. The topological polar surface area (TPSA) is 79.0 Å². The molecule has 2 unspecified atom stereocenters. The lowest BCUT2D eigenvalue weighted by Crippen LogP contribution is -2.59. The Morgan fingerprint density at radius 3 is 2.44 bits per heavy atom. The fraction of sp³-hybridized carbons (Fsp3) is 0.667. The van der Waals surface area contributed by atoms with E-state index in [0.29, 0.717) is 29.6 Å². The Labute approximate surface area is 186 Å². The first-order valence-corrected chi connectivity index (χ1v) is 12.4. The zero-order valence-electron chi connectivity index (χ0n) is 17.9. The van der Waals surface area contributed by atoms with E-state index in [2.05, 4.69) is 9.62 Å². The minimum atomic E-state index is -4.54. The zero-order chi connectivity index (χ0) is 23.1. The molecule has 0 saturated carbocycles. The van der Waals surface area contributed by atoms with E-state index in [4.69, 9.17) is 4.74 Å². The van der Waals surface area contributed by atoms with Crippen molar-refractivity contribution in [2.45, 2.75) is 56.8 Å². The lowest BCUT2D eigenvalue weighted by atomic mass is 9.81. The number of carbonyl (C=O) groups excluding carboxylic acids is 1. The Kier molecular flexibility index (Phi) is 6.30. The van der Waals surface area contributed by atoms with E-state index in [0.717, 1.165) is 63.3 Å². The number of amides is 1. The average molecular weight is 476 g/mol. The molecule has 32 heavy (non-hydrogen) atoms. The Balaban J connectivity index is 1.54. The summed E-state index contributed by atoms with van der Waals surface area (Å²) in [6.07, 6.45) is -1.14. The van der Waals surface area contributed by atoms with Crippen LogP contribution in [0.3, 0.4) is 0 Å². The van der Waals surface area contributed by atoms with Crippen LogP contribution in [0.1, 0.15) is 44.6 Å². The van der Waals surface area contributed by atoms with E-state index >= 15 is 0 Å². The molecule has 0 aliphatic carbocycles. The average Bonchev–Trinajstić information content (AvgIpc) is 2.94. The van der Waals surface area contributed by atoms with Gasteiger partial charge in [0, 0.05) is 32.3 Å². The molecule has 3 heterocycles. The molecule has 3 fully saturated rings. The van der Waals surface area contributed by atoms with Gasteiger partial charge in [0.15, 0.2) is 0 Å². The number of hydrogen-bond acceptors (Lipinski definition) is 5. The van der Waals surface area contributed by atoms with Crippen molar-refractivity contribution in [2.75, 3.05) is 30.6 Å². The normalized spacial score (nSPS) is 29.7. The Bertz CT molecular complexity index is 948. The maximum absolute atomic E-state index is 13.4. The van der Waals surface area contributed by atoms with Gasteiger partial charge in [-0.3, -0.25) is 9.69 Å². The molecule has 2 atom stereocenters. The van der Waals surface area contributed by atoms with Crippen LogP contribution < -0.4 is 9.03 Å². The van der Waals surface area contributed by atoms with Gasteiger partial charge in [0.1, 0.15) is 5.54 Å². The minimum Gasteiger partial charge on any atom is -0.381 e. The van der Waals surface area contributed by atoms with Gasteiger partial charge in [-0.05, 0) is 62.3 Å². The summed E-state index contributed by atoms with van der Waals surface area (Å²) in [5.41, 5.74) is -2.26. The first kappa shape index (κ1) is 23.5. The number of ether oxygens (including phenoxy) is 1. The van der Waals surface area contributed by atoms with Crippen molar-refractivity contribution in [3.63, 3.8) is 0 Å². The third kappa shape index (κ3) is 4.40. The maximum Gasteiger partial charge on any atom is 0.416 e. The largest absolute Gasteiger partial charge is 0.416 e. The lowest BCUT2D eigenvalue weighted by molar-refractivity contribution is -0.137. The van der Waals surface area contributed by atoms with E-state index in [1.54, 1.807) is 0 Å². The van der Waals surface area contributed by atoms with Gasteiger partial charge in [0.25, 0.3) is 5.91 Å². The number of likely N-dealkylation sites (tertiary alicyclic amines) is 1. The van der Waals surface area contributed by atoms with Gasteiger partial charge >= 0.3 is 16.4 Å². The van der Waals surface area contributed by atoms with E-state index in [9.17, 15) is 26.4 Å². The number of benzene rings is 1. The molecule has 0 radical (unpaired) electrons. The summed E-state index contributed by atoms with van der Waals surface area (Å²) in [6.45, 7) is 4.98. The van der Waals surface area contributed by atoms with Gasteiger partial charge in [-0.1, -0.05) is 6.92 Å². The van der Waals surface area contributed by atoms with Crippen molar-refractivity contribution in [1.82, 2.24) is 9.62 Å². The van der Waals surface area contributed by atoms with E-state index in [-0.39, 0.29) is 11.7 Å². The van der Waals surface area contributed by atoms with Crippen LogP contribution in [0, 0.1) is 5.92 Å². The maximum atomic E-state index is 13.4. The number of rotatable bonds is 4. The summed E-state index contributed by atoms with van der Waals surface area (Å²) in [5, 5.41) is 0. The molecule has 1 aromatic rings. The summed E-state index contributed by atoms with van der Waals surface area (Å²) >= 11 is 0. The summed E-state index contributed by atoms with van der Waals surface area (Å²) in [6, 6.07) is 3.65. The molecule has 1 N–H and O–H groups in total. The predicted octanol–water partition coefficient (Wildman–Crippen LogP) is 2.93. The van der Waals surface area contributed by atoms with Gasteiger partial charge in [0.2, 0.25) is 0 Å². The van der Waals surface area contributed by atoms with Crippen LogP contribution in [0.15, 0.2) is 24.3 Å². The van der Waals surface area contributed by atoms with Crippen LogP contribution in [0.4, 0.5) is 18.9 Å². The van der Waals surface area contributed by atoms with Gasteiger partial charge in [-0.2, -0.15) is 30.6 Å². The quantitative estimate of drug-likeness (QED) is 0.725. The van der Waals surface area contributed by atoms with E-state index in [1.165, 1.54) is 0 Å². The number of nitrogens with zero attached hydrogens (tertiary/aromatic N) is 2. The van der Waals surface area contributed by atoms with Gasteiger partial charge in [-0.15, -0.1) is 0 Å². The Morgan fingerprint density at radius 2 is 1.84 bits per heavy atom. The first-order valence-electron chi connectivity index (χ1n) is 10.9. The van der Waals surface area contributed by atoms with Gasteiger partial charge < -0.3 is 4.74 Å². The van der Waals surface area contributed by atoms with Crippen LogP contribution in [-0.2, 0) is 25.9 Å². The lowest BCUT2D eigenvalue weighted by Gasteiger charge is -2.44. The fourth-order valence-electron chi connectivity index (χ4n) is 5.02. The second kappa shape index (κ2) is 8.58. The number of halogens is 3. The highest BCUT2D eigenvalue weighted by molar-refractivity contribution is 7.92. The molecule has 0 aromatic heterocycles. The highest BCUT2D eigenvalue weighted by Crippen LogP contribution is 2.39. The third-order valence-electron chi connectivity index (χ3n) is 6.82. The van der Waals surface area contributed by atoms with Crippen LogP contribution in [0.5, 0.6) is 0 Å². The highest BCUT2D eigenvalue weighted by atomic mass is 32.2. The number of hydrogen-bond donors (Lipinski definition) is 1. The number of piperidine rings is 1. The molecule has 1 amide bonds. The molecular formula is C21H28F3N3O4S. The van der Waals surface area contributed by atoms with Crippen molar-refractivity contribution in [3.05, 3.63) is 29.8 Å². The molecule has 7 nitrogen and oxygen atoms in total. The zero-order valence-corrected chi connectivity index (χ0v) is 18.7. The Morgan fingerprint density at radius 1 is 1.19 bits per heavy atom. The molecule has 178 valence electrons. The van der Waals surface area contributed by atoms with Crippen molar-refractivity contribution < 1.29 is 31.1 Å². The number of carbonyl (C=O) groups is 1. The minimum absolute atomic E-state index is 0.0331. The molecule has 0 bridgehead atoms. The van der Waals surface area contributed by atoms with Crippen molar-refractivity contribution in [1.29, 1.82) is 0 Å². The van der Waals surface area contributed by atoms with Crippen LogP contribution in [0.25, 0.3) is 0 Å². The highest BCUT2D eigenvalue weighted by Gasteiger charge is 2.57. The molecular weight excluding hydrogens is 447 g/mol. The number of alkyl halides is 3. The van der Waals surface area contributed by atoms with E-state index < -0.39 is 33.4 Å². The number of nitrogens with one attached hydrogen (secondary N) is 1. The molecule has 1 aromatic carbocycles. The van der Waals surface area contributed by atoms with Crippen molar-refractivity contribution in [2.24, 2.45) is 5.92 Å². The summed E-state index contributed by atoms with van der Waals surface area (Å²) in [7, 11) is -4.20. The molecule has 3 aliphatic rings. The standard InChI is InChI=1S/C21H28F3N3O4S/c1-2-17-13-20(9-10-26(17)14-15-7-11-31-12-8-15)19(28)27(32(29,30)25-20)18-5-3-16(4-6-18)21(22,23)24/h3-6,15,17,25H,2,7-14H2,1H3. The molecule has 4 rings (SSSR count). The monoisotopic (exact) mass is 475 g/mol.